The highest BCUT2D eigenvalue weighted by Gasteiger charge is 2.09. The van der Waals surface area contributed by atoms with Crippen LogP contribution < -0.4 is 0 Å². The highest BCUT2D eigenvalue weighted by molar-refractivity contribution is 5.77. The molecule has 0 aliphatic carbocycles. The average Bonchev–Trinajstić information content (AvgIpc) is 2.75. The van der Waals surface area contributed by atoms with Gasteiger partial charge < -0.3 is 9.47 Å². The van der Waals surface area contributed by atoms with Crippen molar-refractivity contribution in [1.82, 2.24) is 0 Å². The van der Waals surface area contributed by atoms with E-state index in [9.17, 15) is 9.59 Å². The summed E-state index contributed by atoms with van der Waals surface area (Å²) in [5.74, 6) is -0.566. The van der Waals surface area contributed by atoms with E-state index in [1.165, 1.54) is 89.9 Å². The van der Waals surface area contributed by atoms with Gasteiger partial charge in [-0.05, 0) is 12.8 Å². The van der Waals surface area contributed by atoms with Gasteiger partial charge in [0.2, 0.25) is 0 Å². The largest absolute Gasteiger partial charge is 0.466 e. The summed E-state index contributed by atoms with van der Waals surface area (Å²) in [5, 5.41) is 0. The minimum Gasteiger partial charge on any atom is -0.466 e. The van der Waals surface area contributed by atoms with E-state index in [1.807, 2.05) is 0 Å². The van der Waals surface area contributed by atoms with Crippen LogP contribution in [0.5, 0.6) is 0 Å². The second kappa shape index (κ2) is 24.2. The zero-order valence-corrected chi connectivity index (χ0v) is 20.2. The zero-order valence-electron chi connectivity index (χ0n) is 20.2. The van der Waals surface area contributed by atoms with Gasteiger partial charge in [0, 0.05) is 0 Å². The lowest BCUT2D eigenvalue weighted by molar-refractivity contribution is -0.150. The van der Waals surface area contributed by atoms with Crippen molar-refractivity contribution in [2.75, 3.05) is 13.2 Å². The molecule has 0 rings (SSSR count). The van der Waals surface area contributed by atoms with Crippen LogP contribution in [-0.2, 0) is 19.1 Å². The molecule has 0 heterocycles. The van der Waals surface area contributed by atoms with E-state index in [4.69, 9.17) is 9.47 Å². The molecule has 178 valence electrons. The van der Waals surface area contributed by atoms with Crippen molar-refractivity contribution in [1.29, 1.82) is 0 Å². The second-order valence-corrected chi connectivity index (χ2v) is 8.60. The minimum absolute atomic E-state index is 0.133. The summed E-state index contributed by atoms with van der Waals surface area (Å²) in [6, 6.07) is 0. The fraction of sp³-hybridized carbons (Fsp3) is 0.923. The van der Waals surface area contributed by atoms with Gasteiger partial charge in [-0.1, -0.05) is 117 Å². The lowest BCUT2D eigenvalue weighted by Crippen LogP contribution is -2.11. The molecule has 4 nitrogen and oxygen atoms in total. The molecule has 0 amide bonds. The van der Waals surface area contributed by atoms with Gasteiger partial charge in [-0.15, -0.1) is 0 Å². The van der Waals surface area contributed by atoms with E-state index in [2.05, 4.69) is 13.8 Å². The summed E-state index contributed by atoms with van der Waals surface area (Å²) >= 11 is 0. The quantitative estimate of drug-likeness (QED) is 0.123. The van der Waals surface area contributed by atoms with Crippen LogP contribution in [0.2, 0.25) is 0 Å². The first-order chi connectivity index (χ1) is 14.7. The molecule has 0 aromatic carbocycles. The summed E-state index contributed by atoms with van der Waals surface area (Å²) in [4.78, 5) is 23.4. The number of carbonyl (C=O) groups excluding carboxylic acids is 2. The van der Waals surface area contributed by atoms with Gasteiger partial charge in [-0.25, -0.2) is 0 Å². The first-order valence-corrected chi connectivity index (χ1v) is 13.0. The maximum Gasteiger partial charge on any atom is 0.306 e. The third-order valence-corrected chi connectivity index (χ3v) is 5.56. The van der Waals surface area contributed by atoms with Crippen LogP contribution >= 0.6 is 0 Å². The molecule has 0 atom stereocenters. The molecule has 0 radical (unpaired) electrons. The summed E-state index contributed by atoms with van der Waals surface area (Å²) in [6.45, 7) is 5.43. The predicted octanol–water partition coefficient (Wildman–Crippen LogP) is 7.91. The predicted molar refractivity (Wildman–Crippen MR) is 126 cm³/mol. The monoisotopic (exact) mass is 426 g/mol. The molecule has 0 bridgehead atoms. The van der Waals surface area contributed by atoms with Crippen LogP contribution in [0.4, 0.5) is 0 Å². The topological polar surface area (TPSA) is 52.6 Å². The fourth-order valence-corrected chi connectivity index (χ4v) is 3.55. The van der Waals surface area contributed by atoms with Crippen LogP contribution in [0.25, 0.3) is 0 Å². The van der Waals surface area contributed by atoms with Crippen molar-refractivity contribution >= 4 is 11.9 Å². The highest BCUT2D eigenvalue weighted by Crippen LogP contribution is 2.11. The van der Waals surface area contributed by atoms with Gasteiger partial charge in [0.25, 0.3) is 0 Å². The smallest absolute Gasteiger partial charge is 0.306 e. The Hall–Kier alpha value is -1.06. The Morgan fingerprint density at radius 2 is 0.700 bits per heavy atom. The lowest BCUT2D eigenvalue weighted by Gasteiger charge is -2.06. The normalized spacial score (nSPS) is 10.9. The highest BCUT2D eigenvalue weighted by atomic mass is 16.5. The molecule has 0 unspecified atom stereocenters. The summed E-state index contributed by atoms with van der Waals surface area (Å²) in [6.07, 6.45) is 22.7. The third-order valence-electron chi connectivity index (χ3n) is 5.56. The first kappa shape index (κ1) is 28.9. The molecule has 0 N–H and O–H groups in total. The number of esters is 2. The number of unbranched alkanes of at least 4 members (excludes halogenated alkanes) is 16. The Kier molecular flexibility index (Phi) is 23.4. The maximum absolute atomic E-state index is 11.7. The van der Waals surface area contributed by atoms with E-state index < -0.39 is 0 Å². The average molecular weight is 427 g/mol. The summed E-state index contributed by atoms with van der Waals surface area (Å²) in [7, 11) is 0. The Bertz CT molecular complexity index is 345. The molecule has 30 heavy (non-hydrogen) atoms. The molecule has 4 heteroatoms. The van der Waals surface area contributed by atoms with Gasteiger partial charge >= 0.3 is 11.9 Å². The Morgan fingerprint density at radius 1 is 0.433 bits per heavy atom. The van der Waals surface area contributed by atoms with Crippen LogP contribution in [-0.4, -0.2) is 25.2 Å². The van der Waals surface area contributed by atoms with Gasteiger partial charge in [-0.3, -0.25) is 9.59 Å². The SMILES string of the molecule is CCCCCCCCCCCOC(=O)CCC(=O)OCCCCCCCCCCC. The van der Waals surface area contributed by atoms with Crippen LogP contribution in [0.15, 0.2) is 0 Å². The van der Waals surface area contributed by atoms with E-state index in [1.54, 1.807) is 0 Å². The van der Waals surface area contributed by atoms with Gasteiger partial charge in [0.05, 0.1) is 26.1 Å². The molecular weight excluding hydrogens is 376 g/mol. The number of ether oxygens (including phenoxy) is 2. The number of hydrogen-bond acceptors (Lipinski definition) is 4. The maximum atomic E-state index is 11.7. The van der Waals surface area contributed by atoms with E-state index in [0.717, 1.165) is 25.7 Å². The summed E-state index contributed by atoms with van der Waals surface area (Å²) in [5.41, 5.74) is 0. The van der Waals surface area contributed by atoms with Crippen LogP contribution in [0.3, 0.4) is 0 Å². The van der Waals surface area contributed by atoms with Crippen molar-refractivity contribution in [3.05, 3.63) is 0 Å². The standard InChI is InChI=1S/C26H50O4/c1-3-5-7-9-11-13-15-17-19-23-29-25(27)21-22-26(28)30-24-20-18-16-14-12-10-8-6-4-2/h3-24H2,1-2H3. The van der Waals surface area contributed by atoms with Crippen molar-refractivity contribution in [2.45, 2.75) is 142 Å². The molecule has 0 aromatic heterocycles. The molecule has 0 saturated heterocycles. The van der Waals surface area contributed by atoms with Crippen LogP contribution in [0, 0.1) is 0 Å². The molecule has 0 fully saturated rings. The van der Waals surface area contributed by atoms with Gasteiger partial charge in [-0.2, -0.15) is 0 Å². The second-order valence-electron chi connectivity index (χ2n) is 8.60. The minimum atomic E-state index is -0.283. The molecule has 0 aliphatic heterocycles. The molecule has 0 spiro atoms. The zero-order chi connectivity index (χ0) is 22.1. The Labute approximate surface area is 186 Å². The van der Waals surface area contributed by atoms with E-state index in [0.29, 0.717) is 13.2 Å². The van der Waals surface area contributed by atoms with Crippen molar-refractivity contribution < 1.29 is 19.1 Å². The molecular formula is C26H50O4. The van der Waals surface area contributed by atoms with Gasteiger partial charge in [0.15, 0.2) is 0 Å². The van der Waals surface area contributed by atoms with E-state index >= 15 is 0 Å². The Balaban J connectivity index is 3.31. The Morgan fingerprint density at radius 3 is 1.00 bits per heavy atom. The lowest BCUT2D eigenvalue weighted by atomic mass is 10.1. The molecule has 0 aromatic rings. The number of rotatable bonds is 23. The van der Waals surface area contributed by atoms with E-state index in [-0.39, 0.29) is 24.8 Å². The number of hydrogen-bond donors (Lipinski definition) is 0. The molecule has 0 aliphatic rings. The van der Waals surface area contributed by atoms with Gasteiger partial charge in [0.1, 0.15) is 0 Å². The van der Waals surface area contributed by atoms with Crippen molar-refractivity contribution in [3.8, 4) is 0 Å². The first-order valence-electron chi connectivity index (χ1n) is 13.0. The van der Waals surface area contributed by atoms with Crippen molar-refractivity contribution in [3.63, 3.8) is 0 Å². The van der Waals surface area contributed by atoms with Crippen molar-refractivity contribution in [2.24, 2.45) is 0 Å². The number of carbonyl (C=O) groups is 2. The summed E-state index contributed by atoms with van der Waals surface area (Å²) < 4.78 is 10.4. The third kappa shape index (κ3) is 23.2. The fourth-order valence-electron chi connectivity index (χ4n) is 3.55. The van der Waals surface area contributed by atoms with Crippen LogP contribution in [0.1, 0.15) is 142 Å². The molecule has 0 saturated carbocycles.